The number of hydrogen-bond donors (Lipinski definition) is 0. The summed E-state index contributed by atoms with van der Waals surface area (Å²) >= 11 is 3.79. The van der Waals surface area contributed by atoms with E-state index in [4.69, 9.17) is 0 Å². The predicted molar refractivity (Wildman–Crippen MR) is 166 cm³/mol. The third-order valence-corrected chi connectivity index (χ3v) is 10.2. The maximum atomic E-state index is 2.43. The zero-order valence-corrected chi connectivity index (χ0v) is 21.9. The van der Waals surface area contributed by atoms with E-state index >= 15 is 0 Å². The van der Waals surface area contributed by atoms with Crippen LogP contribution in [-0.4, -0.2) is 9.13 Å². The molecule has 9 aromatic rings. The monoisotopic (exact) mass is 520 g/mol. The lowest BCUT2D eigenvalue weighted by molar-refractivity contribution is 1.22. The molecule has 2 nitrogen and oxygen atoms in total. The molecule has 0 aliphatic heterocycles. The number of hydrogen-bond acceptors (Lipinski definition) is 2. The molecule has 0 aliphatic rings. The topological polar surface area (TPSA) is 9.86 Å². The summed E-state index contributed by atoms with van der Waals surface area (Å²) in [5.74, 6) is 0. The first kappa shape index (κ1) is 20.7. The van der Waals surface area contributed by atoms with Gasteiger partial charge in [-0.05, 0) is 47.2 Å². The molecule has 5 aromatic carbocycles. The molecule has 0 amide bonds. The smallest absolute Gasteiger partial charge is 0.101 e. The van der Waals surface area contributed by atoms with Gasteiger partial charge < -0.3 is 9.13 Å². The zero-order valence-electron chi connectivity index (χ0n) is 20.3. The predicted octanol–water partition coefficient (Wildman–Crippen LogP) is 10.3. The first-order chi connectivity index (χ1) is 18.8. The van der Waals surface area contributed by atoms with Crippen LogP contribution in [0.1, 0.15) is 0 Å². The summed E-state index contributed by atoms with van der Waals surface area (Å²) in [4.78, 5) is 0. The van der Waals surface area contributed by atoms with Crippen molar-refractivity contribution in [3.05, 3.63) is 121 Å². The largest absolute Gasteiger partial charge is 0.301 e. The van der Waals surface area contributed by atoms with Gasteiger partial charge in [0.2, 0.25) is 0 Å². The van der Waals surface area contributed by atoms with Gasteiger partial charge in [0.1, 0.15) is 10.0 Å². The third-order valence-electron chi connectivity index (χ3n) is 7.75. The molecule has 0 saturated heterocycles. The lowest BCUT2D eigenvalue weighted by atomic mass is 10.2. The van der Waals surface area contributed by atoms with Gasteiger partial charge in [0.05, 0.1) is 31.5 Å². The summed E-state index contributed by atoms with van der Waals surface area (Å²) in [5, 5.41) is 10.3. The molecule has 0 N–H and O–H groups in total. The minimum absolute atomic E-state index is 1.26. The van der Waals surface area contributed by atoms with Gasteiger partial charge in [-0.2, -0.15) is 0 Å². The lowest BCUT2D eigenvalue weighted by Crippen LogP contribution is -1.89. The van der Waals surface area contributed by atoms with E-state index in [1.807, 2.05) is 22.7 Å². The van der Waals surface area contributed by atoms with E-state index in [2.05, 4.69) is 130 Å². The third kappa shape index (κ3) is 2.71. The van der Waals surface area contributed by atoms with Crippen molar-refractivity contribution < 1.29 is 0 Å². The fourth-order valence-corrected chi connectivity index (χ4v) is 8.63. The van der Waals surface area contributed by atoms with Crippen LogP contribution < -0.4 is 0 Å². The van der Waals surface area contributed by atoms with E-state index < -0.39 is 0 Å². The lowest BCUT2D eigenvalue weighted by Gasteiger charge is -2.03. The molecular weight excluding hydrogens is 501 g/mol. The molecule has 4 heteroatoms. The van der Waals surface area contributed by atoms with Crippen LogP contribution in [0, 0.1) is 0 Å². The maximum Gasteiger partial charge on any atom is 0.101 e. The Morgan fingerprint density at radius 2 is 0.684 bits per heavy atom. The Morgan fingerprint density at radius 3 is 1.03 bits per heavy atom. The minimum atomic E-state index is 1.26. The molecule has 0 radical (unpaired) electrons. The van der Waals surface area contributed by atoms with Gasteiger partial charge in [-0.3, -0.25) is 0 Å². The highest BCUT2D eigenvalue weighted by molar-refractivity contribution is 7.29. The number of para-hydroxylation sites is 4. The van der Waals surface area contributed by atoms with Crippen molar-refractivity contribution in [1.29, 1.82) is 0 Å². The number of nitrogens with zero attached hydrogens (tertiary/aromatic N) is 2. The number of thiophene rings is 2. The van der Waals surface area contributed by atoms with Crippen LogP contribution in [0.5, 0.6) is 0 Å². The van der Waals surface area contributed by atoms with Crippen LogP contribution in [0.4, 0.5) is 0 Å². The second-order valence-corrected chi connectivity index (χ2v) is 11.9. The summed E-state index contributed by atoms with van der Waals surface area (Å²) in [6.07, 6.45) is 0. The summed E-state index contributed by atoms with van der Waals surface area (Å²) in [6.45, 7) is 0. The molecule has 4 aromatic heterocycles. The normalized spacial score (nSPS) is 12.2. The molecule has 0 saturated carbocycles. The van der Waals surface area contributed by atoms with Gasteiger partial charge in [-0.25, -0.2) is 0 Å². The standard InChI is InChI=1S/C34H20N2S2/c1-5-13-27-23(9-1)24-10-2-6-14-28(24)35(27)31-19-21-17-18-22-20-32(38-34(22)33(21)37-31)36-29-15-7-3-11-25(29)26-12-4-8-16-30(26)36/h1-20H. The van der Waals surface area contributed by atoms with E-state index in [0.29, 0.717) is 0 Å². The molecule has 0 aliphatic carbocycles. The van der Waals surface area contributed by atoms with Crippen LogP contribution in [0.3, 0.4) is 0 Å². The molecule has 9 rings (SSSR count). The highest BCUT2D eigenvalue weighted by atomic mass is 32.1. The summed E-state index contributed by atoms with van der Waals surface area (Å²) in [7, 11) is 0. The Hall–Kier alpha value is -4.38. The Labute approximate surface area is 226 Å². The molecular formula is C34H20N2S2. The first-order valence-corrected chi connectivity index (χ1v) is 14.4. The van der Waals surface area contributed by atoms with Gasteiger partial charge in [0.25, 0.3) is 0 Å². The van der Waals surface area contributed by atoms with E-state index in [9.17, 15) is 0 Å². The second-order valence-electron chi connectivity index (χ2n) is 9.81. The molecule has 0 unspecified atom stereocenters. The van der Waals surface area contributed by atoms with Crippen LogP contribution >= 0.6 is 22.7 Å². The summed E-state index contributed by atoms with van der Waals surface area (Å²) in [5.41, 5.74) is 5.03. The average molecular weight is 521 g/mol. The van der Waals surface area contributed by atoms with Crippen LogP contribution in [0.2, 0.25) is 0 Å². The van der Waals surface area contributed by atoms with Crippen molar-refractivity contribution in [3.8, 4) is 10.0 Å². The molecule has 0 bridgehead atoms. The van der Waals surface area contributed by atoms with Gasteiger partial charge in [-0.15, -0.1) is 22.7 Å². The van der Waals surface area contributed by atoms with E-state index in [-0.39, 0.29) is 0 Å². The van der Waals surface area contributed by atoms with E-state index in [0.717, 1.165) is 0 Å². The summed E-state index contributed by atoms with van der Waals surface area (Å²) < 4.78 is 7.58. The zero-order chi connectivity index (χ0) is 24.8. The second kappa shape index (κ2) is 7.57. The van der Waals surface area contributed by atoms with Gasteiger partial charge >= 0.3 is 0 Å². The Bertz CT molecular complexity index is 2090. The number of aromatic nitrogens is 2. The highest BCUT2D eigenvalue weighted by Gasteiger charge is 2.17. The maximum absolute atomic E-state index is 2.43. The average Bonchev–Trinajstić information content (AvgIpc) is 3.72. The SMILES string of the molecule is c1ccc2c(c1)c1ccccc1n2-c1cc2ccc3cc(-n4c5ccccc5c5ccccc54)sc3c2s1. The first-order valence-electron chi connectivity index (χ1n) is 12.8. The molecule has 38 heavy (non-hydrogen) atoms. The van der Waals surface area contributed by atoms with Crippen LogP contribution in [0.15, 0.2) is 121 Å². The molecule has 178 valence electrons. The number of rotatable bonds is 2. The van der Waals surface area contributed by atoms with Crippen molar-refractivity contribution in [2.75, 3.05) is 0 Å². The number of fused-ring (bicyclic) bond motifs is 9. The highest BCUT2D eigenvalue weighted by Crippen LogP contribution is 2.43. The molecule has 0 spiro atoms. The number of benzene rings is 5. The summed E-state index contributed by atoms with van der Waals surface area (Å²) in [6, 6.07) is 44.3. The Morgan fingerprint density at radius 1 is 0.368 bits per heavy atom. The van der Waals surface area contributed by atoms with Crippen molar-refractivity contribution >= 4 is 86.5 Å². The molecule has 4 heterocycles. The van der Waals surface area contributed by atoms with E-state index in [1.54, 1.807) is 0 Å². The van der Waals surface area contributed by atoms with Crippen molar-refractivity contribution in [2.45, 2.75) is 0 Å². The van der Waals surface area contributed by atoms with Crippen LogP contribution in [0.25, 0.3) is 73.8 Å². The Balaban J connectivity index is 1.32. The van der Waals surface area contributed by atoms with Gasteiger partial charge in [0, 0.05) is 21.5 Å². The van der Waals surface area contributed by atoms with Gasteiger partial charge in [-0.1, -0.05) is 84.9 Å². The molecule has 0 fully saturated rings. The van der Waals surface area contributed by atoms with E-state index in [1.165, 1.54) is 73.8 Å². The van der Waals surface area contributed by atoms with Gasteiger partial charge in [0.15, 0.2) is 0 Å². The Kier molecular flexibility index (Phi) is 4.12. The van der Waals surface area contributed by atoms with Crippen molar-refractivity contribution in [3.63, 3.8) is 0 Å². The molecule has 0 atom stereocenters. The fourth-order valence-electron chi connectivity index (χ4n) is 6.11. The fraction of sp³-hybridized carbons (Fsp3) is 0. The minimum Gasteiger partial charge on any atom is -0.301 e. The quantitative estimate of drug-likeness (QED) is 0.215. The van der Waals surface area contributed by atoms with Crippen molar-refractivity contribution in [1.82, 2.24) is 9.13 Å². The van der Waals surface area contributed by atoms with Crippen molar-refractivity contribution in [2.24, 2.45) is 0 Å². The van der Waals surface area contributed by atoms with Crippen LogP contribution in [-0.2, 0) is 0 Å².